The topological polar surface area (TPSA) is 32.7 Å². The number of morpholine rings is 1. The molecule has 0 amide bonds. The molecule has 3 nitrogen and oxygen atoms in total. The van der Waals surface area contributed by atoms with Gasteiger partial charge >= 0.3 is 0 Å². The smallest absolute Gasteiger partial charge is 0.0731 e. The van der Waals surface area contributed by atoms with E-state index in [0.717, 1.165) is 25.3 Å². The van der Waals surface area contributed by atoms with E-state index in [0.29, 0.717) is 18.6 Å². The molecule has 1 saturated carbocycles. The van der Waals surface area contributed by atoms with Gasteiger partial charge < -0.3 is 9.84 Å². The predicted molar refractivity (Wildman–Crippen MR) is 85.3 cm³/mol. The number of nitrogens with zero attached hydrogens (tertiary/aromatic N) is 1. The molecule has 1 saturated heterocycles. The van der Waals surface area contributed by atoms with Crippen molar-refractivity contribution in [1.29, 1.82) is 0 Å². The summed E-state index contributed by atoms with van der Waals surface area (Å²) >= 11 is 1.79. The van der Waals surface area contributed by atoms with Gasteiger partial charge in [-0.25, -0.2) is 0 Å². The van der Waals surface area contributed by atoms with Crippen LogP contribution in [-0.2, 0) is 11.3 Å². The van der Waals surface area contributed by atoms with Crippen LogP contribution in [0.5, 0.6) is 0 Å². The highest BCUT2D eigenvalue weighted by Gasteiger charge is 2.34. The van der Waals surface area contributed by atoms with E-state index in [9.17, 15) is 0 Å². The molecule has 0 radical (unpaired) electrons. The second-order valence-corrected chi connectivity index (χ2v) is 6.80. The monoisotopic (exact) mass is 305 g/mol. The first-order chi connectivity index (χ1) is 10.4. The van der Waals surface area contributed by atoms with Gasteiger partial charge in [-0.1, -0.05) is 24.7 Å². The fourth-order valence-electron chi connectivity index (χ4n) is 3.32. The van der Waals surface area contributed by atoms with Gasteiger partial charge in [-0.3, -0.25) is 4.90 Å². The molecule has 0 bridgehead atoms. The summed E-state index contributed by atoms with van der Waals surface area (Å²) in [5.74, 6) is 6.10. The van der Waals surface area contributed by atoms with Crippen molar-refractivity contribution in [2.24, 2.45) is 0 Å². The first-order valence-corrected chi connectivity index (χ1v) is 8.77. The maximum absolute atomic E-state index is 8.76. The lowest BCUT2D eigenvalue weighted by Crippen LogP contribution is -2.51. The minimum absolute atomic E-state index is 0.140. The van der Waals surface area contributed by atoms with Crippen molar-refractivity contribution in [2.75, 3.05) is 19.8 Å². The molecular formula is C17H23NO2S. The Kier molecular flexibility index (Phi) is 5.32. The van der Waals surface area contributed by atoms with Crippen LogP contribution < -0.4 is 0 Å². The van der Waals surface area contributed by atoms with Crippen LogP contribution in [-0.4, -0.2) is 41.9 Å². The summed E-state index contributed by atoms with van der Waals surface area (Å²) in [6, 6.07) is 2.81. The van der Waals surface area contributed by atoms with E-state index in [2.05, 4.69) is 28.2 Å². The van der Waals surface area contributed by atoms with Gasteiger partial charge in [-0.05, 0) is 18.9 Å². The highest BCUT2D eigenvalue weighted by atomic mass is 32.1. The summed E-state index contributed by atoms with van der Waals surface area (Å²) in [5.41, 5.74) is 1.08. The lowest BCUT2D eigenvalue weighted by Gasteiger charge is -2.43. The minimum Gasteiger partial charge on any atom is -0.395 e. The van der Waals surface area contributed by atoms with Crippen LogP contribution in [0.4, 0.5) is 0 Å². The zero-order chi connectivity index (χ0) is 14.5. The number of aliphatic hydroxyl groups is 1. The summed E-state index contributed by atoms with van der Waals surface area (Å²) < 4.78 is 5.94. The van der Waals surface area contributed by atoms with Crippen molar-refractivity contribution < 1.29 is 9.84 Å². The molecule has 1 aromatic rings. The molecule has 2 heterocycles. The van der Waals surface area contributed by atoms with Gasteiger partial charge in [0.1, 0.15) is 0 Å². The summed E-state index contributed by atoms with van der Waals surface area (Å²) in [4.78, 5) is 3.99. The quantitative estimate of drug-likeness (QED) is 0.872. The zero-order valence-electron chi connectivity index (χ0n) is 12.4. The number of rotatable bonds is 3. The van der Waals surface area contributed by atoms with Crippen LogP contribution in [0.3, 0.4) is 0 Å². The summed E-state index contributed by atoms with van der Waals surface area (Å²) in [5, 5.41) is 10.9. The molecule has 1 aliphatic heterocycles. The third-order valence-electron chi connectivity index (χ3n) is 4.33. The van der Waals surface area contributed by atoms with E-state index < -0.39 is 0 Å². The normalized spacial score (nSPS) is 26.0. The molecular weight excluding hydrogens is 282 g/mol. The Labute approximate surface area is 130 Å². The number of ether oxygens (including phenoxy) is 1. The Balaban J connectivity index is 1.62. The maximum Gasteiger partial charge on any atom is 0.0731 e. The summed E-state index contributed by atoms with van der Waals surface area (Å²) in [6.07, 6.45) is 6.17. The molecule has 0 spiro atoms. The summed E-state index contributed by atoms with van der Waals surface area (Å²) in [6.45, 7) is 3.08. The molecule has 0 aromatic carbocycles. The predicted octanol–water partition coefficient (Wildman–Crippen LogP) is 2.63. The van der Waals surface area contributed by atoms with Crippen LogP contribution in [0.1, 0.15) is 42.5 Å². The molecule has 3 rings (SSSR count). The lowest BCUT2D eigenvalue weighted by atomic mass is 9.90. The first kappa shape index (κ1) is 15.1. The van der Waals surface area contributed by atoms with Crippen LogP contribution in [0, 0.1) is 11.8 Å². The van der Waals surface area contributed by atoms with Crippen LogP contribution in [0.15, 0.2) is 11.4 Å². The average Bonchev–Trinajstić information content (AvgIpc) is 2.96. The average molecular weight is 305 g/mol. The van der Waals surface area contributed by atoms with Gasteiger partial charge in [-0.15, -0.1) is 11.3 Å². The standard InChI is InChI=1S/C17H23NO2S/c19-9-4-3-5-14-11-15(21-13-14)12-18-8-10-20-17-7-2-1-6-16(17)18/h11,13,16-17,19H,1-2,4,6-10,12H2. The third kappa shape index (κ3) is 3.87. The van der Waals surface area contributed by atoms with E-state index >= 15 is 0 Å². The lowest BCUT2D eigenvalue weighted by molar-refractivity contribution is -0.0908. The van der Waals surface area contributed by atoms with E-state index in [1.165, 1.54) is 30.6 Å². The fourth-order valence-corrected chi connectivity index (χ4v) is 4.16. The number of aliphatic hydroxyl groups excluding tert-OH is 1. The van der Waals surface area contributed by atoms with Gasteiger partial charge in [0.2, 0.25) is 0 Å². The Hall–Kier alpha value is -0.860. The first-order valence-electron chi connectivity index (χ1n) is 7.89. The van der Waals surface area contributed by atoms with Gasteiger partial charge in [0.25, 0.3) is 0 Å². The van der Waals surface area contributed by atoms with Crippen molar-refractivity contribution in [3.05, 3.63) is 21.9 Å². The van der Waals surface area contributed by atoms with Crippen LogP contribution in [0.25, 0.3) is 0 Å². The van der Waals surface area contributed by atoms with E-state index in [1.807, 2.05) is 0 Å². The maximum atomic E-state index is 8.76. The highest BCUT2D eigenvalue weighted by Crippen LogP contribution is 2.30. The van der Waals surface area contributed by atoms with Crippen molar-refractivity contribution in [1.82, 2.24) is 4.90 Å². The summed E-state index contributed by atoms with van der Waals surface area (Å²) in [7, 11) is 0. The van der Waals surface area contributed by atoms with E-state index in [1.54, 1.807) is 11.3 Å². The van der Waals surface area contributed by atoms with Gasteiger partial charge in [0.15, 0.2) is 0 Å². The Bertz CT molecular complexity index is 514. The van der Waals surface area contributed by atoms with Crippen LogP contribution in [0.2, 0.25) is 0 Å². The minimum atomic E-state index is 0.140. The molecule has 1 aromatic heterocycles. The molecule has 2 unspecified atom stereocenters. The second kappa shape index (κ2) is 7.42. The molecule has 1 aliphatic carbocycles. The molecule has 21 heavy (non-hydrogen) atoms. The van der Waals surface area contributed by atoms with Crippen molar-refractivity contribution >= 4 is 11.3 Å². The van der Waals surface area contributed by atoms with Gasteiger partial charge in [0, 0.05) is 41.4 Å². The molecule has 2 aliphatic rings. The van der Waals surface area contributed by atoms with Gasteiger partial charge in [0.05, 0.1) is 19.3 Å². The van der Waals surface area contributed by atoms with Crippen LogP contribution >= 0.6 is 11.3 Å². The van der Waals surface area contributed by atoms with Gasteiger partial charge in [-0.2, -0.15) is 0 Å². The molecule has 114 valence electrons. The number of fused-ring (bicyclic) bond motifs is 1. The Morgan fingerprint density at radius 2 is 2.29 bits per heavy atom. The molecule has 4 heteroatoms. The molecule has 2 atom stereocenters. The van der Waals surface area contributed by atoms with E-state index in [-0.39, 0.29) is 6.61 Å². The largest absolute Gasteiger partial charge is 0.395 e. The Morgan fingerprint density at radius 1 is 1.38 bits per heavy atom. The highest BCUT2D eigenvalue weighted by molar-refractivity contribution is 7.10. The zero-order valence-corrected chi connectivity index (χ0v) is 13.2. The second-order valence-electron chi connectivity index (χ2n) is 5.81. The number of thiophene rings is 1. The van der Waals surface area contributed by atoms with Crippen molar-refractivity contribution in [2.45, 2.75) is 50.8 Å². The number of hydrogen-bond acceptors (Lipinski definition) is 4. The Morgan fingerprint density at radius 3 is 3.19 bits per heavy atom. The van der Waals surface area contributed by atoms with E-state index in [4.69, 9.17) is 9.84 Å². The SMILES string of the molecule is OCCC#Cc1csc(CN2CCOC3CCCCC32)c1. The van der Waals surface area contributed by atoms with Crippen molar-refractivity contribution in [3.8, 4) is 11.8 Å². The third-order valence-corrected chi connectivity index (χ3v) is 5.25. The van der Waals surface area contributed by atoms with Crippen molar-refractivity contribution in [3.63, 3.8) is 0 Å². The fraction of sp³-hybridized carbons (Fsp3) is 0.647. The molecule has 1 N–H and O–H groups in total. The molecule has 2 fully saturated rings. The number of hydrogen-bond donors (Lipinski definition) is 1.